The van der Waals surface area contributed by atoms with Gasteiger partial charge in [0.2, 0.25) is 5.91 Å². The maximum Gasteiger partial charge on any atom is 0.341 e. The Balaban J connectivity index is 1.33. The fraction of sp³-hybridized carbons (Fsp3) is 0.435. The van der Waals surface area contributed by atoms with Crippen LogP contribution in [0, 0.1) is 0 Å². The molecule has 2 amide bonds. The highest BCUT2D eigenvalue weighted by atomic mass is 35.5. The van der Waals surface area contributed by atoms with Crippen LogP contribution in [0.5, 0.6) is 0 Å². The number of hydrogen-bond donors (Lipinski definition) is 1. The summed E-state index contributed by atoms with van der Waals surface area (Å²) in [4.78, 5) is 42.8. The molecule has 7 nitrogen and oxygen atoms in total. The Bertz CT molecular complexity index is 1030. The van der Waals surface area contributed by atoms with Crippen molar-refractivity contribution in [2.45, 2.75) is 26.2 Å². The summed E-state index contributed by atoms with van der Waals surface area (Å²) in [5.41, 5.74) is 2.12. The van der Waals surface area contributed by atoms with Gasteiger partial charge < -0.3 is 15.0 Å². The first-order valence-corrected chi connectivity index (χ1v) is 12.0. The fourth-order valence-electron chi connectivity index (χ4n) is 4.19. The van der Waals surface area contributed by atoms with Gasteiger partial charge in [-0.2, -0.15) is 0 Å². The molecule has 0 radical (unpaired) electrons. The highest BCUT2D eigenvalue weighted by Crippen LogP contribution is 2.39. The summed E-state index contributed by atoms with van der Waals surface area (Å²) in [7, 11) is 0. The monoisotopic (exact) mass is 475 g/mol. The maximum absolute atomic E-state index is 12.7. The lowest BCUT2D eigenvalue weighted by Crippen LogP contribution is -2.50. The molecule has 0 saturated carbocycles. The van der Waals surface area contributed by atoms with E-state index >= 15 is 0 Å². The summed E-state index contributed by atoms with van der Waals surface area (Å²) < 4.78 is 5.22. The molecular formula is C23H26ClN3O4S. The number of nitrogens with one attached hydrogen (secondary N) is 1. The molecule has 1 aliphatic heterocycles. The molecule has 2 heterocycles. The predicted octanol–water partition coefficient (Wildman–Crippen LogP) is 3.46. The van der Waals surface area contributed by atoms with Gasteiger partial charge in [0.25, 0.3) is 5.91 Å². The van der Waals surface area contributed by atoms with Gasteiger partial charge in [0, 0.05) is 41.6 Å². The number of hydrogen-bond acceptors (Lipinski definition) is 6. The maximum atomic E-state index is 12.7. The standard InChI is InChI=1S/C23H26ClN3O4S/c1-2-31-23(30)20-17-7-4-8-18(17)32-21(20)25-19(28)14-26-9-11-27(12-10-26)22(29)15-5-3-6-16(24)13-15/h3,5-6,13H,2,4,7-12,14H2,1H3,(H,25,28). The molecule has 1 saturated heterocycles. The Labute approximate surface area is 196 Å². The molecule has 1 aromatic heterocycles. The number of nitrogens with zero attached hydrogens (tertiary/aromatic N) is 2. The van der Waals surface area contributed by atoms with Crippen LogP contribution >= 0.6 is 22.9 Å². The second-order valence-corrected chi connectivity index (χ2v) is 9.45. The van der Waals surface area contributed by atoms with Gasteiger partial charge in [-0.05, 0) is 49.9 Å². The molecule has 4 rings (SSSR count). The Morgan fingerprint density at radius 3 is 2.66 bits per heavy atom. The van der Waals surface area contributed by atoms with E-state index in [-0.39, 0.29) is 24.3 Å². The van der Waals surface area contributed by atoms with Gasteiger partial charge >= 0.3 is 5.97 Å². The van der Waals surface area contributed by atoms with Crippen LogP contribution in [0.1, 0.15) is 44.5 Å². The van der Waals surface area contributed by atoms with Gasteiger partial charge in [0.1, 0.15) is 5.00 Å². The number of amides is 2. The lowest BCUT2D eigenvalue weighted by molar-refractivity contribution is -0.117. The lowest BCUT2D eigenvalue weighted by Gasteiger charge is -2.34. The Kier molecular flexibility index (Phi) is 7.13. The smallest absolute Gasteiger partial charge is 0.341 e. The second kappa shape index (κ2) is 10.0. The third-order valence-corrected chi connectivity index (χ3v) is 7.19. The van der Waals surface area contributed by atoms with Crippen LogP contribution in [0.3, 0.4) is 0 Å². The van der Waals surface area contributed by atoms with Crippen molar-refractivity contribution in [2.75, 3.05) is 44.6 Å². The number of anilines is 1. The van der Waals surface area contributed by atoms with Crippen molar-refractivity contribution in [3.05, 3.63) is 50.9 Å². The molecule has 2 aliphatic rings. The van der Waals surface area contributed by atoms with E-state index in [1.54, 1.807) is 36.1 Å². The van der Waals surface area contributed by atoms with Crippen molar-refractivity contribution in [3.63, 3.8) is 0 Å². The molecule has 2 aromatic rings. The Morgan fingerprint density at radius 1 is 1.16 bits per heavy atom. The number of esters is 1. The molecule has 0 spiro atoms. The lowest BCUT2D eigenvalue weighted by atomic mass is 10.1. The highest BCUT2D eigenvalue weighted by Gasteiger charge is 2.29. The first-order chi connectivity index (χ1) is 15.5. The van der Waals surface area contributed by atoms with E-state index in [1.165, 1.54) is 11.3 Å². The van der Waals surface area contributed by atoms with Gasteiger partial charge in [-0.25, -0.2) is 4.79 Å². The number of carbonyl (C=O) groups is 3. The zero-order chi connectivity index (χ0) is 22.7. The van der Waals surface area contributed by atoms with Crippen molar-refractivity contribution in [3.8, 4) is 0 Å². The Hall–Kier alpha value is -2.42. The SMILES string of the molecule is CCOC(=O)c1c(NC(=O)CN2CCN(C(=O)c3cccc(Cl)c3)CC2)sc2c1CCC2. The average Bonchev–Trinajstić information content (AvgIpc) is 3.34. The van der Waals surface area contributed by atoms with E-state index < -0.39 is 0 Å². The molecule has 9 heteroatoms. The van der Waals surface area contributed by atoms with Gasteiger partial charge in [-0.3, -0.25) is 14.5 Å². The van der Waals surface area contributed by atoms with Crippen LogP contribution in [-0.4, -0.2) is 66.9 Å². The fourth-order valence-corrected chi connectivity index (χ4v) is 5.68. The molecule has 0 bridgehead atoms. The number of piperazine rings is 1. The predicted molar refractivity (Wildman–Crippen MR) is 125 cm³/mol. The number of halogens is 1. The van der Waals surface area contributed by atoms with Crippen LogP contribution in [0.4, 0.5) is 5.00 Å². The highest BCUT2D eigenvalue weighted by molar-refractivity contribution is 7.17. The first-order valence-electron chi connectivity index (χ1n) is 10.8. The number of thiophene rings is 1. The van der Waals surface area contributed by atoms with E-state index in [1.807, 2.05) is 4.90 Å². The van der Waals surface area contributed by atoms with Gasteiger partial charge in [-0.1, -0.05) is 17.7 Å². The van der Waals surface area contributed by atoms with Crippen molar-refractivity contribution < 1.29 is 19.1 Å². The third-order valence-electron chi connectivity index (χ3n) is 5.75. The van der Waals surface area contributed by atoms with Crippen molar-refractivity contribution >= 4 is 45.7 Å². The van der Waals surface area contributed by atoms with Crippen LogP contribution < -0.4 is 5.32 Å². The summed E-state index contributed by atoms with van der Waals surface area (Å²) in [6.07, 6.45) is 2.81. The summed E-state index contributed by atoms with van der Waals surface area (Å²) >= 11 is 7.48. The molecule has 0 atom stereocenters. The van der Waals surface area contributed by atoms with Gasteiger partial charge in [-0.15, -0.1) is 11.3 Å². The van der Waals surface area contributed by atoms with Gasteiger partial charge in [0.15, 0.2) is 0 Å². The van der Waals surface area contributed by atoms with Crippen LogP contribution in [-0.2, 0) is 22.4 Å². The number of ether oxygens (including phenoxy) is 1. The van der Waals surface area contributed by atoms with E-state index in [9.17, 15) is 14.4 Å². The largest absolute Gasteiger partial charge is 0.462 e. The van der Waals surface area contributed by atoms with E-state index in [0.717, 1.165) is 29.7 Å². The number of benzene rings is 1. The zero-order valence-corrected chi connectivity index (χ0v) is 19.6. The van der Waals surface area contributed by atoms with Gasteiger partial charge in [0.05, 0.1) is 18.7 Å². The summed E-state index contributed by atoms with van der Waals surface area (Å²) in [6.45, 7) is 4.58. The first kappa shape index (κ1) is 22.8. The van der Waals surface area contributed by atoms with Crippen LogP contribution in [0.25, 0.3) is 0 Å². The third kappa shape index (κ3) is 4.98. The Morgan fingerprint density at radius 2 is 1.94 bits per heavy atom. The number of aryl methyl sites for hydroxylation is 1. The minimum atomic E-state index is -0.365. The minimum absolute atomic E-state index is 0.0521. The topological polar surface area (TPSA) is 79.0 Å². The van der Waals surface area contributed by atoms with Crippen LogP contribution in [0.2, 0.25) is 5.02 Å². The van der Waals surface area contributed by atoms with E-state index in [0.29, 0.717) is 53.9 Å². The molecule has 1 aromatic carbocycles. The molecule has 0 unspecified atom stereocenters. The minimum Gasteiger partial charge on any atom is -0.462 e. The molecule has 1 N–H and O–H groups in total. The molecular weight excluding hydrogens is 450 g/mol. The number of fused-ring (bicyclic) bond motifs is 1. The number of rotatable bonds is 6. The normalized spacial score (nSPS) is 16.0. The molecule has 1 aliphatic carbocycles. The second-order valence-electron chi connectivity index (χ2n) is 7.91. The van der Waals surface area contributed by atoms with Crippen molar-refractivity contribution in [1.82, 2.24) is 9.80 Å². The summed E-state index contributed by atoms with van der Waals surface area (Å²) in [5, 5.41) is 4.06. The van der Waals surface area contributed by atoms with Crippen molar-refractivity contribution in [1.29, 1.82) is 0 Å². The summed E-state index contributed by atoms with van der Waals surface area (Å²) in [6, 6.07) is 6.93. The molecule has 170 valence electrons. The quantitative estimate of drug-likeness (QED) is 0.647. The summed E-state index contributed by atoms with van der Waals surface area (Å²) in [5.74, 6) is -0.579. The zero-order valence-electron chi connectivity index (χ0n) is 18.0. The van der Waals surface area contributed by atoms with E-state index in [4.69, 9.17) is 16.3 Å². The molecule has 32 heavy (non-hydrogen) atoms. The average molecular weight is 476 g/mol. The van der Waals surface area contributed by atoms with E-state index in [2.05, 4.69) is 5.32 Å². The van der Waals surface area contributed by atoms with Crippen molar-refractivity contribution in [2.24, 2.45) is 0 Å². The van der Waals surface area contributed by atoms with Crippen LogP contribution in [0.15, 0.2) is 24.3 Å². The molecule has 1 fully saturated rings. The number of carbonyl (C=O) groups excluding carboxylic acids is 3.